The van der Waals surface area contributed by atoms with Gasteiger partial charge in [0.1, 0.15) is 54.9 Å². The summed E-state index contributed by atoms with van der Waals surface area (Å²) in [5.41, 5.74) is 0. The Morgan fingerprint density at radius 1 is 0.651 bits per heavy atom. The highest BCUT2D eigenvalue weighted by Gasteiger charge is 2.50. The van der Waals surface area contributed by atoms with Gasteiger partial charge in [0.2, 0.25) is 0 Å². The molecule has 0 aliphatic carbocycles. The lowest BCUT2D eigenvalue weighted by atomic mass is 9.97. The molecule has 13 nitrogen and oxygen atoms in total. The van der Waals surface area contributed by atoms with Crippen molar-refractivity contribution in [1.29, 1.82) is 0 Å². The maximum atomic E-state index is 10.8. The van der Waals surface area contributed by atoms with Crippen LogP contribution in [0.1, 0.15) is 84.5 Å². The van der Waals surface area contributed by atoms with Crippen LogP contribution in [0.5, 0.6) is 0 Å². The maximum absolute atomic E-state index is 10.8. The van der Waals surface area contributed by atoms with Crippen LogP contribution in [0.25, 0.3) is 0 Å². The molecule has 2 rings (SSSR count). The zero-order valence-corrected chi connectivity index (χ0v) is 25.9. The molecule has 13 heteroatoms. The number of unbranched alkanes of at least 4 members (excludes halogenated alkanes) is 8. The number of ether oxygens (including phenoxy) is 5. The summed E-state index contributed by atoms with van der Waals surface area (Å²) in [6, 6.07) is 0. The third-order valence-electron chi connectivity index (χ3n) is 8.41. The topological polar surface area (TPSA) is 208 Å². The molecule has 0 aromatic rings. The molecule has 0 amide bonds. The molecule has 0 spiro atoms. The van der Waals surface area contributed by atoms with E-state index in [4.69, 9.17) is 23.7 Å². The van der Waals surface area contributed by atoms with Gasteiger partial charge >= 0.3 is 0 Å². The second-order valence-corrected chi connectivity index (χ2v) is 12.1. The molecule has 8 N–H and O–H groups in total. The molecule has 2 aliphatic heterocycles. The largest absolute Gasteiger partial charge is 0.394 e. The predicted octanol–water partition coefficient (Wildman–Crippen LogP) is -0.0483. The van der Waals surface area contributed by atoms with E-state index in [1.165, 1.54) is 51.4 Å². The Balaban J connectivity index is 1.64. The predicted molar refractivity (Wildman–Crippen MR) is 155 cm³/mol. The van der Waals surface area contributed by atoms with Gasteiger partial charge < -0.3 is 64.5 Å². The average Bonchev–Trinajstić information content (AvgIpc) is 3.00. The minimum absolute atomic E-state index is 0.0102. The Morgan fingerprint density at radius 3 is 1.81 bits per heavy atom. The number of aliphatic hydroxyl groups is 8. The van der Waals surface area contributed by atoms with Gasteiger partial charge in [0.05, 0.1) is 26.4 Å². The summed E-state index contributed by atoms with van der Waals surface area (Å²) in [5.74, 6) is 0.841. The highest BCUT2D eigenvalue weighted by molar-refractivity contribution is 4.94. The molecular weight excluding hydrogens is 568 g/mol. The first-order chi connectivity index (χ1) is 20.6. The van der Waals surface area contributed by atoms with Gasteiger partial charge in [-0.1, -0.05) is 78.1 Å². The molecule has 2 aliphatic rings. The van der Waals surface area contributed by atoms with Crippen LogP contribution in [-0.4, -0.2) is 141 Å². The Hall–Kier alpha value is -0.520. The minimum atomic E-state index is -1.76. The Morgan fingerprint density at radius 2 is 1.21 bits per heavy atom. The van der Waals surface area contributed by atoms with E-state index in [0.29, 0.717) is 6.61 Å². The second kappa shape index (κ2) is 21.3. The van der Waals surface area contributed by atoms with E-state index in [1.807, 2.05) is 0 Å². The number of hydrogen-bond acceptors (Lipinski definition) is 13. The molecule has 0 bridgehead atoms. The fourth-order valence-corrected chi connectivity index (χ4v) is 5.30. The Kier molecular flexibility index (Phi) is 19.2. The van der Waals surface area contributed by atoms with Gasteiger partial charge in [0.15, 0.2) is 12.6 Å². The van der Waals surface area contributed by atoms with E-state index < -0.39 is 80.7 Å². The number of rotatable bonds is 22. The van der Waals surface area contributed by atoms with Crippen molar-refractivity contribution in [3.8, 4) is 0 Å². The van der Waals surface area contributed by atoms with Crippen molar-refractivity contribution in [2.75, 3.05) is 33.0 Å². The zero-order valence-electron chi connectivity index (χ0n) is 25.9. The fourth-order valence-electron chi connectivity index (χ4n) is 5.30. The smallest absolute Gasteiger partial charge is 0.187 e. The van der Waals surface area contributed by atoms with E-state index in [-0.39, 0.29) is 13.2 Å². The van der Waals surface area contributed by atoms with Gasteiger partial charge in [-0.2, -0.15) is 0 Å². The highest BCUT2D eigenvalue weighted by atomic mass is 16.7. The van der Waals surface area contributed by atoms with Gasteiger partial charge in [-0.15, -0.1) is 0 Å². The molecule has 12 atom stereocenters. The third-order valence-corrected chi connectivity index (χ3v) is 8.41. The van der Waals surface area contributed by atoms with Crippen LogP contribution in [0, 0.1) is 5.92 Å². The van der Waals surface area contributed by atoms with Crippen LogP contribution in [0.4, 0.5) is 0 Å². The van der Waals surface area contributed by atoms with E-state index in [9.17, 15) is 40.9 Å². The molecule has 0 aromatic heterocycles. The second-order valence-electron chi connectivity index (χ2n) is 12.1. The zero-order chi connectivity index (χ0) is 31.8. The maximum Gasteiger partial charge on any atom is 0.187 e. The molecule has 2 heterocycles. The summed E-state index contributed by atoms with van der Waals surface area (Å²) in [7, 11) is 0. The summed E-state index contributed by atoms with van der Waals surface area (Å²) < 4.78 is 27.3. The molecule has 0 radical (unpaired) electrons. The van der Waals surface area contributed by atoms with Gasteiger partial charge in [-0.05, 0) is 12.3 Å². The Labute approximate surface area is 255 Å². The standard InChI is InChI=1S/C30H58O13/c1-3-19(2)13-11-9-7-5-4-6-8-10-12-14-39-17-20(33)18-40-29-27(38)28(24(35)22(16-32)41-29)43-30-26(37)25(36)23(34)21(15-31)42-30/h19-38H,3-18H2,1-2H3/t19-,20-,21-,22-,23-,24-,25+,26-,27+,28+,29+,30-/m1/s1. The van der Waals surface area contributed by atoms with E-state index in [2.05, 4.69) is 13.8 Å². The lowest BCUT2D eigenvalue weighted by Crippen LogP contribution is -2.65. The third kappa shape index (κ3) is 13.0. The summed E-state index contributed by atoms with van der Waals surface area (Å²) in [6.45, 7) is 3.46. The summed E-state index contributed by atoms with van der Waals surface area (Å²) in [4.78, 5) is 0. The van der Waals surface area contributed by atoms with Crippen LogP contribution in [0.3, 0.4) is 0 Å². The van der Waals surface area contributed by atoms with Gasteiger partial charge in [-0.25, -0.2) is 0 Å². The van der Waals surface area contributed by atoms with Crippen molar-refractivity contribution in [2.45, 2.75) is 152 Å². The first-order valence-corrected chi connectivity index (χ1v) is 16.1. The van der Waals surface area contributed by atoms with Gasteiger partial charge in [0, 0.05) is 6.61 Å². The van der Waals surface area contributed by atoms with Crippen molar-refractivity contribution >= 4 is 0 Å². The van der Waals surface area contributed by atoms with Crippen LogP contribution in [-0.2, 0) is 23.7 Å². The number of aliphatic hydroxyl groups excluding tert-OH is 8. The van der Waals surface area contributed by atoms with Crippen LogP contribution < -0.4 is 0 Å². The average molecular weight is 627 g/mol. The van der Waals surface area contributed by atoms with E-state index in [0.717, 1.165) is 25.2 Å². The van der Waals surface area contributed by atoms with Crippen LogP contribution in [0.2, 0.25) is 0 Å². The molecule has 0 unspecified atom stereocenters. The lowest BCUT2D eigenvalue weighted by molar-refractivity contribution is -0.361. The first-order valence-electron chi connectivity index (χ1n) is 16.1. The quantitative estimate of drug-likeness (QED) is 0.0743. The van der Waals surface area contributed by atoms with Gasteiger partial charge in [0.25, 0.3) is 0 Å². The normalized spacial score (nSPS) is 34.7. The fraction of sp³-hybridized carbons (Fsp3) is 1.00. The highest BCUT2D eigenvalue weighted by Crippen LogP contribution is 2.29. The summed E-state index contributed by atoms with van der Waals surface area (Å²) in [6.07, 6.45) is -2.97. The van der Waals surface area contributed by atoms with Crippen LogP contribution >= 0.6 is 0 Å². The molecule has 2 saturated heterocycles. The molecule has 256 valence electrons. The summed E-state index contributed by atoms with van der Waals surface area (Å²) >= 11 is 0. The monoisotopic (exact) mass is 626 g/mol. The van der Waals surface area contributed by atoms with Crippen molar-refractivity contribution in [3.05, 3.63) is 0 Å². The first kappa shape index (κ1) is 38.7. The molecular formula is C30H58O13. The molecule has 0 aromatic carbocycles. The molecule has 43 heavy (non-hydrogen) atoms. The molecule has 0 saturated carbocycles. The van der Waals surface area contributed by atoms with Crippen molar-refractivity contribution in [1.82, 2.24) is 0 Å². The Bertz CT molecular complexity index is 701. The van der Waals surface area contributed by atoms with Gasteiger partial charge in [-0.3, -0.25) is 0 Å². The number of hydrogen-bond donors (Lipinski definition) is 8. The lowest BCUT2D eigenvalue weighted by Gasteiger charge is -2.46. The van der Waals surface area contributed by atoms with Crippen molar-refractivity contribution in [3.63, 3.8) is 0 Å². The SMILES string of the molecule is CC[C@@H](C)CCCCCCCCCCCOC[C@@H](O)CO[C@H]1O[C@H](CO)[C@@H](O)[C@H](O[C@H]2O[C@H](CO)[C@@H](O)[C@H](O)[C@H]2O)[C@@H]1O. The molecule has 2 fully saturated rings. The van der Waals surface area contributed by atoms with E-state index in [1.54, 1.807) is 0 Å². The van der Waals surface area contributed by atoms with Crippen molar-refractivity contribution in [2.24, 2.45) is 5.92 Å². The minimum Gasteiger partial charge on any atom is -0.394 e. The van der Waals surface area contributed by atoms with Crippen molar-refractivity contribution < 1.29 is 64.5 Å². The van der Waals surface area contributed by atoms with Crippen LogP contribution in [0.15, 0.2) is 0 Å². The van der Waals surface area contributed by atoms with E-state index >= 15 is 0 Å². The summed E-state index contributed by atoms with van der Waals surface area (Å²) in [5, 5.41) is 80.9.